The minimum Gasteiger partial charge on any atom is -0.493 e. The number of piperidine rings is 1. The maximum absolute atomic E-state index is 6.21. The predicted octanol–water partition coefficient (Wildman–Crippen LogP) is 3.45. The molecule has 144 valence electrons. The van der Waals surface area contributed by atoms with Crippen LogP contribution in [-0.2, 0) is 9.31 Å². The van der Waals surface area contributed by atoms with Crippen LogP contribution in [0.15, 0.2) is 18.2 Å². The van der Waals surface area contributed by atoms with Crippen LogP contribution in [0.2, 0.25) is 0 Å². The summed E-state index contributed by atoms with van der Waals surface area (Å²) in [5, 5.41) is 3.43. The second kappa shape index (κ2) is 7.91. The van der Waals surface area contributed by atoms with E-state index in [4.69, 9.17) is 14.0 Å². The Hall–Kier alpha value is -1.04. The molecule has 2 aliphatic heterocycles. The summed E-state index contributed by atoms with van der Waals surface area (Å²) in [6.45, 7) is 13.6. The zero-order valence-corrected chi connectivity index (χ0v) is 17.1. The summed E-state index contributed by atoms with van der Waals surface area (Å²) in [5.74, 6) is 1.81. The molecular formula is C21H34BNO3. The van der Waals surface area contributed by atoms with Crippen LogP contribution in [0.4, 0.5) is 0 Å². The largest absolute Gasteiger partial charge is 0.495 e. The second-order valence-corrected chi connectivity index (χ2v) is 8.74. The molecule has 0 spiro atoms. The Morgan fingerprint density at radius 2 is 1.77 bits per heavy atom. The minimum absolute atomic E-state index is 0.324. The van der Waals surface area contributed by atoms with Crippen molar-refractivity contribution in [2.45, 2.75) is 71.5 Å². The molecule has 1 N–H and O–H groups in total. The van der Waals surface area contributed by atoms with Gasteiger partial charge in [-0.15, -0.1) is 0 Å². The normalized spacial score (nSPS) is 22.6. The molecule has 0 aromatic heterocycles. The Morgan fingerprint density at radius 1 is 1.12 bits per heavy atom. The van der Waals surface area contributed by atoms with Crippen molar-refractivity contribution in [1.82, 2.24) is 5.32 Å². The van der Waals surface area contributed by atoms with E-state index in [1.807, 2.05) is 6.07 Å². The Balaban J connectivity index is 1.57. The first-order chi connectivity index (χ1) is 12.3. The van der Waals surface area contributed by atoms with Gasteiger partial charge in [-0.3, -0.25) is 0 Å². The van der Waals surface area contributed by atoms with Crippen molar-refractivity contribution in [2.75, 3.05) is 19.7 Å². The fraction of sp³-hybridized carbons (Fsp3) is 0.714. The van der Waals surface area contributed by atoms with Crippen LogP contribution in [0, 0.1) is 12.8 Å². The van der Waals surface area contributed by atoms with Gasteiger partial charge in [0, 0.05) is 0 Å². The van der Waals surface area contributed by atoms with Gasteiger partial charge < -0.3 is 19.4 Å². The predicted molar refractivity (Wildman–Crippen MR) is 107 cm³/mol. The molecule has 0 atom stereocenters. The smallest absolute Gasteiger partial charge is 0.493 e. The van der Waals surface area contributed by atoms with Crippen molar-refractivity contribution in [3.63, 3.8) is 0 Å². The summed E-state index contributed by atoms with van der Waals surface area (Å²) in [6.07, 6.45) is 4.98. The van der Waals surface area contributed by atoms with Crippen molar-refractivity contribution in [1.29, 1.82) is 0 Å². The fourth-order valence-electron chi connectivity index (χ4n) is 3.74. The van der Waals surface area contributed by atoms with E-state index in [0.717, 1.165) is 35.7 Å². The van der Waals surface area contributed by atoms with Gasteiger partial charge in [-0.1, -0.05) is 12.1 Å². The molecule has 0 saturated carbocycles. The zero-order valence-electron chi connectivity index (χ0n) is 17.1. The van der Waals surface area contributed by atoms with E-state index >= 15 is 0 Å². The maximum Gasteiger partial charge on any atom is 0.495 e. The molecule has 0 unspecified atom stereocenters. The highest BCUT2D eigenvalue weighted by Crippen LogP contribution is 2.37. The molecule has 2 saturated heterocycles. The van der Waals surface area contributed by atoms with Crippen molar-refractivity contribution in [2.24, 2.45) is 5.92 Å². The van der Waals surface area contributed by atoms with Crippen molar-refractivity contribution < 1.29 is 14.0 Å². The number of nitrogens with one attached hydrogen (secondary N) is 1. The summed E-state index contributed by atoms with van der Waals surface area (Å²) >= 11 is 0. The van der Waals surface area contributed by atoms with E-state index in [1.54, 1.807) is 0 Å². The van der Waals surface area contributed by atoms with Gasteiger partial charge in [0.2, 0.25) is 0 Å². The van der Waals surface area contributed by atoms with E-state index < -0.39 is 0 Å². The van der Waals surface area contributed by atoms with Crippen LogP contribution in [0.3, 0.4) is 0 Å². The lowest BCUT2D eigenvalue weighted by Gasteiger charge is -2.32. The molecule has 1 aromatic carbocycles. The number of ether oxygens (including phenoxy) is 1. The van der Waals surface area contributed by atoms with E-state index in [1.165, 1.54) is 32.4 Å². The Bertz CT molecular complexity index is 595. The van der Waals surface area contributed by atoms with Crippen LogP contribution in [0.1, 0.15) is 58.9 Å². The van der Waals surface area contributed by atoms with Crippen LogP contribution in [-0.4, -0.2) is 38.0 Å². The maximum atomic E-state index is 6.21. The van der Waals surface area contributed by atoms with Crippen LogP contribution >= 0.6 is 0 Å². The molecule has 5 heteroatoms. The molecule has 3 rings (SSSR count). The SMILES string of the molecule is Cc1c(OCCCC2CCNCC2)cccc1B1OC(C)(C)C(C)(C)O1. The summed E-state index contributed by atoms with van der Waals surface area (Å²) in [7, 11) is -0.335. The Morgan fingerprint density at radius 3 is 2.42 bits per heavy atom. The summed E-state index contributed by atoms with van der Waals surface area (Å²) in [6, 6.07) is 6.17. The van der Waals surface area contributed by atoms with Gasteiger partial charge in [0.05, 0.1) is 17.8 Å². The molecule has 0 amide bonds. The third-order valence-electron chi connectivity index (χ3n) is 6.31. The average molecular weight is 359 g/mol. The van der Waals surface area contributed by atoms with E-state index in [2.05, 4.69) is 52.1 Å². The third-order valence-corrected chi connectivity index (χ3v) is 6.31. The summed E-state index contributed by atoms with van der Waals surface area (Å²) in [4.78, 5) is 0. The molecular weight excluding hydrogens is 325 g/mol. The first-order valence-electron chi connectivity index (χ1n) is 10.1. The zero-order chi connectivity index (χ0) is 18.8. The minimum atomic E-state index is -0.335. The fourth-order valence-corrected chi connectivity index (χ4v) is 3.74. The molecule has 1 aromatic rings. The highest BCUT2D eigenvalue weighted by atomic mass is 16.7. The Labute approximate surface area is 159 Å². The van der Waals surface area contributed by atoms with Gasteiger partial charge in [-0.25, -0.2) is 0 Å². The second-order valence-electron chi connectivity index (χ2n) is 8.74. The van der Waals surface area contributed by atoms with Gasteiger partial charge >= 0.3 is 7.12 Å². The quantitative estimate of drug-likeness (QED) is 0.624. The number of hydrogen-bond acceptors (Lipinski definition) is 4. The lowest BCUT2D eigenvalue weighted by molar-refractivity contribution is 0.00578. The van der Waals surface area contributed by atoms with Crippen molar-refractivity contribution in [3.8, 4) is 5.75 Å². The first-order valence-corrected chi connectivity index (χ1v) is 10.1. The van der Waals surface area contributed by atoms with E-state index in [-0.39, 0.29) is 18.3 Å². The standard InChI is InChI=1S/C21H34BNO3/c1-16-18(22-25-20(2,3)21(4,5)26-22)9-6-10-19(16)24-15-7-8-17-11-13-23-14-12-17/h6,9-10,17,23H,7-8,11-15H2,1-5H3. The first kappa shape index (κ1) is 19.7. The summed E-state index contributed by atoms with van der Waals surface area (Å²) in [5.41, 5.74) is 1.54. The van der Waals surface area contributed by atoms with Crippen LogP contribution in [0.5, 0.6) is 5.75 Å². The summed E-state index contributed by atoms with van der Waals surface area (Å²) < 4.78 is 18.5. The van der Waals surface area contributed by atoms with Gasteiger partial charge in [-0.05, 0) is 96.4 Å². The van der Waals surface area contributed by atoms with Gasteiger partial charge in [0.1, 0.15) is 5.75 Å². The highest BCUT2D eigenvalue weighted by molar-refractivity contribution is 6.62. The van der Waals surface area contributed by atoms with Crippen molar-refractivity contribution in [3.05, 3.63) is 23.8 Å². The molecule has 2 aliphatic rings. The number of rotatable bonds is 6. The molecule has 0 aliphatic carbocycles. The number of benzene rings is 1. The van der Waals surface area contributed by atoms with Crippen LogP contribution < -0.4 is 15.5 Å². The van der Waals surface area contributed by atoms with Gasteiger partial charge in [-0.2, -0.15) is 0 Å². The topological polar surface area (TPSA) is 39.7 Å². The van der Waals surface area contributed by atoms with Gasteiger partial charge in [0.15, 0.2) is 0 Å². The Kier molecular flexibility index (Phi) is 6.00. The molecule has 0 bridgehead atoms. The van der Waals surface area contributed by atoms with Crippen LogP contribution in [0.25, 0.3) is 0 Å². The van der Waals surface area contributed by atoms with E-state index in [0.29, 0.717) is 0 Å². The monoisotopic (exact) mass is 359 g/mol. The molecule has 26 heavy (non-hydrogen) atoms. The van der Waals surface area contributed by atoms with Crippen molar-refractivity contribution >= 4 is 12.6 Å². The molecule has 0 radical (unpaired) electrons. The molecule has 2 heterocycles. The highest BCUT2D eigenvalue weighted by Gasteiger charge is 2.52. The van der Waals surface area contributed by atoms with E-state index in [9.17, 15) is 0 Å². The average Bonchev–Trinajstić information content (AvgIpc) is 2.81. The number of hydrogen-bond donors (Lipinski definition) is 1. The van der Waals surface area contributed by atoms with Gasteiger partial charge in [0.25, 0.3) is 0 Å². The lowest BCUT2D eigenvalue weighted by Crippen LogP contribution is -2.41. The molecule has 4 nitrogen and oxygen atoms in total. The molecule has 2 fully saturated rings. The lowest BCUT2D eigenvalue weighted by atomic mass is 9.76. The third kappa shape index (κ3) is 4.27.